The van der Waals surface area contributed by atoms with Gasteiger partial charge in [-0.05, 0) is 45.4 Å². The van der Waals surface area contributed by atoms with Crippen molar-refractivity contribution in [1.82, 2.24) is 4.98 Å². The number of rotatable bonds is 2. The minimum Gasteiger partial charge on any atom is -0.457 e. The van der Waals surface area contributed by atoms with E-state index in [1.54, 1.807) is 20.8 Å². The molecule has 1 aromatic heterocycles. The minimum atomic E-state index is -4.47. The molecule has 0 fully saturated rings. The summed E-state index contributed by atoms with van der Waals surface area (Å²) in [6.07, 6.45) is -0.869. The van der Waals surface area contributed by atoms with Crippen molar-refractivity contribution in [2.45, 2.75) is 39.5 Å². The summed E-state index contributed by atoms with van der Waals surface area (Å²) >= 11 is 0. The van der Waals surface area contributed by atoms with Gasteiger partial charge in [-0.2, -0.15) is 13.2 Å². The lowest BCUT2D eigenvalue weighted by Gasteiger charge is -2.17. The molecule has 1 rings (SSSR count). The molecule has 0 bridgehead atoms. The van der Waals surface area contributed by atoms with Crippen LogP contribution in [0, 0.1) is 6.92 Å². The summed E-state index contributed by atoms with van der Waals surface area (Å²) in [5.41, 5.74) is -1.38. The second-order valence-electron chi connectivity index (χ2n) is 5.27. The van der Waals surface area contributed by atoms with Crippen molar-refractivity contribution in [3.63, 3.8) is 0 Å². The molecular weight excluding hydrogens is 271 g/mol. The molecule has 20 heavy (non-hydrogen) atoms. The van der Waals surface area contributed by atoms with Crippen LogP contribution in [0.15, 0.2) is 18.3 Å². The third-order valence-corrected chi connectivity index (χ3v) is 2.23. The van der Waals surface area contributed by atoms with Gasteiger partial charge in [0.2, 0.25) is 0 Å². The van der Waals surface area contributed by atoms with E-state index >= 15 is 0 Å². The van der Waals surface area contributed by atoms with Crippen LogP contribution in [0.3, 0.4) is 0 Å². The summed E-state index contributed by atoms with van der Waals surface area (Å²) in [7, 11) is 0. The smallest absolute Gasteiger partial charge is 0.418 e. The predicted molar refractivity (Wildman–Crippen MR) is 68.9 cm³/mol. The van der Waals surface area contributed by atoms with E-state index in [1.807, 2.05) is 0 Å². The molecule has 1 heterocycles. The van der Waals surface area contributed by atoms with Gasteiger partial charge in [-0.15, -0.1) is 0 Å². The first-order valence-electron chi connectivity index (χ1n) is 5.94. The molecule has 0 aromatic carbocycles. The Morgan fingerprint density at radius 1 is 1.30 bits per heavy atom. The molecule has 3 nitrogen and oxygen atoms in total. The first kappa shape index (κ1) is 16.2. The Kier molecular flexibility index (Phi) is 4.57. The van der Waals surface area contributed by atoms with Crippen LogP contribution in [-0.2, 0) is 15.7 Å². The van der Waals surface area contributed by atoms with E-state index in [0.717, 1.165) is 12.1 Å². The topological polar surface area (TPSA) is 39.2 Å². The summed E-state index contributed by atoms with van der Waals surface area (Å²) in [6, 6.07) is 0.948. The Morgan fingerprint density at radius 2 is 1.90 bits per heavy atom. The van der Waals surface area contributed by atoms with Gasteiger partial charge in [0.05, 0.1) is 5.56 Å². The van der Waals surface area contributed by atoms with E-state index in [2.05, 4.69) is 4.98 Å². The van der Waals surface area contributed by atoms with E-state index in [1.165, 1.54) is 19.2 Å². The van der Waals surface area contributed by atoms with Crippen molar-refractivity contribution in [3.8, 4) is 0 Å². The van der Waals surface area contributed by atoms with Gasteiger partial charge in [0.1, 0.15) is 5.60 Å². The maximum atomic E-state index is 12.7. The lowest BCUT2D eigenvalue weighted by molar-refractivity contribution is -0.148. The molecule has 0 aliphatic rings. The summed E-state index contributed by atoms with van der Waals surface area (Å²) in [5, 5.41) is 0. The van der Waals surface area contributed by atoms with Gasteiger partial charge in [-0.1, -0.05) is 0 Å². The highest BCUT2D eigenvalue weighted by molar-refractivity contribution is 5.87. The molecule has 0 atom stereocenters. The number of pyridine rings is 1. The largest absolute Gasteiger partial charge is 0.457 e. The van der Waals surface area contributed by atoms with Crippen molar-refractivity contribution in [2.75, 3.05) is 0 Å². The quantitative estimate of drug-likeness (QED) is 0.614. The zero-order chi connectivity index (χ0) is 15.6. The molecule has 0 spiro atoms. The second kappa shape index (κ2) is 5.64. The Bertz CT molecular complexity index is 528. The number of esters is 1. The van der Waals surface area contributed by atoms with Crippen molar-refractivity contribution in [2.24, 2.45) is 0 Å². The molecule has 0 saturated heterocycles. The second-order valence-corrected chi connectivity index (χ2v) is 5.27. The van der Waals surface area contributed by atoms with E-state index < -0.39 is 23.3 Å². The average molecular weight is 287 g/mol. The molecule has 0 aliphatic heterocycles. The number of aryl methyl sites for hydroxylation is 1. The van der Waals surface area contributed by atoms with Crippen LogP contribution < -0.4 is 0 Å². The normalized spacial score (nSPS) is 12.8. The third kappa shape index (κ3) is 5.03. The summed E-state index contributed by atoms with van der Waals surface area (Å²) in [5.74, 6) is -0.619. The monoisotopic (exact) mass is 287 g/mol. The van der Waals surface area contributed by atoms with Crippen molar-refractivity contribution < 1.29 is 22.7 Å². The van der Waals surface area contributed by atoms with Gasteiger partial charge in [0.15, 0.2) is 0 Å². The lowest BCUT2D eigenvalue weighted by atomic mass is 10.1. The van der Waals surface area contributed by atoms with Crippen molar-refractivity contribution >= 4 is 12.0 Å². The number of nitrogens with zero attached hydrogens (tertiary/aromatic N) is 1. The zero-order valence-corrected chi connectivity index (χ0v) is 11.7. The molecule has 110 valence electrons. The van der Waals surface area contributed by atoms with Crippen LogP contribution in [0.5, 0.6) is 0 Å². The Morgan fingerprint density at radius 3 is 2.40 bits per heavy atom. The summed E-state index contributed by atoms with van der Waals surface area (Å²) < 4.78 is 43.1. The van der Waals surface area contributed by atoms with Crippen LogP contribution in [0.25, 0.3) is 6.08 Å². The zero-order valence-electron chi connectivity index (χ0n) is 11.7. The standard InChI is InChI=1S/C14H16F3NO2/c1-9-11(14(15,16)17)7-10(8-18-9)5-6-12(19)20-13(2,3)4/h5-8H,1-4H3/b6-5+. The van der Waals surface area contributed by atoms with Gasteiger partial charge in [-0.25, -0.2) is 4.79 Å². The number of hydrogen-bond acceptors (Lipinski definition) is 3. The van der Waals surface area contributed by atoms with Gasteiger partial charge < -0.3 is 4.74 Å². The number of halogens is 3. The molecular formula is C14H16F3NO2. The van der Waals surface area contributed by atoms with Crippen LogP contribution in [0.1, 0.15) is 37.6 Å². The highest BCUT2D eigenvalue weighted by Crippen LogP contribution is 2.31. The number of carbonyl (C=O) groups excluding carboxylic acids is 1. The van der Waals surface area contributed by atoms with Gasteiger partial charge in [-0.3, -0.25) is 4.98 Å². The molecule has 0 N–H and O–H groups in total. The number of hydrogen-bond donors (Lipinski definition) is 0. The lowest BCUT2D eigenvalue weighted by Crippen LogP contribution is -2.22. The number of carbonyl (C=O) groups is 1. The van der Waals surface area contributed by atoms with Crippen LogP contribution >= 0.6 is 0 Å². The van der Waals surface area contributed by atoms with Gasteiger partial charge >= 0.3 is 12.1 Å². The Balaban J connectivity index is 2.92. The predicted octanol–water partition coefficient (Wildman–Crippen LogP) is 3.76. The minimum absolute atomic E-state index is 0.105. The highest BCUT2D eigenvalue weighted by atomic mass is 19.4. The van der Waals surface area contributed by atoms with E-state index in [0.29, 0.717) is 0 Å². The average Bonchev–Trinajstić information content (AvgIpc) is 2.24. The number of alkyl halides is 3. The molecule has 0 aliphatic carbocycles. The molecule has 0 unspecified atom stereocenters. The maximum Gasteiger partial charge on any atom is 0.418 e. The fraction of sp³-hybridized carbons (Fsp3) is 0.429. The molecule has 0 radical (unpaired) electrons. The summed E-state index contributed by atoms with van der Waals surface area (Å²) in [4.78, 5) is 15.1. The molecule has 1 aromatic rings. The van der Waals surface area contributed by atoms with Gasteiger partial charge in [0.25, 0.3) is 0 Å². The van der Waals surface area contributed by atoms with Crippen LogP contribution in [0.4, 0.5) is 13.2 Å². The maximum absolute atomic E-state index is 12.7. The van der Waals surface area contributed by atoms with Crippen LogP contribution in [-0.4, -0.2) is 16.6 Å². The van der Waals surface area contributed by atoms with Crippen LogP contribution in [0.2, 0.25) is 0 Å². The molecule has 0 amide bonds. The van der Waals surface area contributed by atoms with E-state index in [-0.39, 0.29) is 11.3 Å². The highest BCUT2D eigenvalue weighted by Gasteiger charge is 2.33. The van der Waals surface area contributed by atoms with Crippen molar-refractivity contribution in [1.29, 1.82) is 0 Å². The third-order valence-electron chi connectivity index (χ3n) is 2.23. The van der Waals surface area contributed by atoms with Gasteiger partial charge in [0, 0.05) is 18.0 Å². The van der Waals surface area contributed by atoms with E-state index in [9.17, 15) is 18.0 Å². The fourth-order valence-electron chi connectivity index (χ4n) is 1.43. The first-order valence-corrected chi connectivity index (χ1v) is 5.94. The Hall–Kier alpha value is -1.85. The molecule has 0 saturated carbocycles. The van der Waals surface area contributed by atoms with E-state index in [4.69, 9.17) is 4.74 Å². The number of aromatic nitrogens is 1. The molecule has 6 heteroatoms. The fourth-order valence-corrected chi connectivity index (χ4v) is 1.43. The summed E-state index contributed by atoms with van der Waals surface area (Å²) in [6.45, 7) is 6.39. The van der Waals surface area contributed by atoms with Crippen molar-refractivity contribution in [3.05, 3.63) is 35.2 Å². The Labute approximate surface area is 115 Å². The first-order chi connectivity index (χ1) is 8.99. The SMILES string of the molecule is Cc1ncc(/C=C/C(=O)OC(C)(C)C)cc1C(F)(F)F. The number of ether oxygens (including phenoxy) is 1.